The summed E-state index contributed by atoms with van der Waals surface area (Å²) >= 11 is 0. The number of anilines is 1. The van der Waals surface area contributed by atoms with Gasteiger partial charge in [-0.2, -0.15) is 13.2 Å². The third-order valence-electron chi connectivity index (χ3n) is 4.57. The molecular formula is C18H19F4N3O2S. The number of rotatable bonds is 4. The van der Waals surface area contributed by atoms with E-state index >= 15 is 0 Å². The molecule has 1 fully saturated rings. The van der Waals surface area contributed by atoms with Crippen molar-refractivity contribution in [1.82, 2.24) is 9.71 Å². The van der Waals surface area contributed by atoms with Crippen LogP contribution in [0.15, 0.2) is 41.3 Å². The van der Waals surface area contributed by atoms with E-state index in [4.69, 9.17) is 0 Å². The average Bonchev–Trinajstić information content (AvgIpc) is 2.61. The summed E-state index contributed by atoms with van der Waals surface area (Å²) in [7, 11) is -4.20. The lowest BCUT2D eigenvalue weighted by Crippen LogP contribution is -2.44. The fourth-order valence-electron chi connectivity index (χ4n) is 3.11. The van der Waals surface area contributed by atoms with Gasteiger partial charge in [-0.3, -0.25) is 0 Å². The molecule has 1 saturated heterocycles. The van der Waals surface area contributed by atoms with Gasteiger partial charge < -0.3 is 4.90 Å². The number of nitrogens with zero attached hydrogens (tertiary/aromatic N) is 2. The molecule has 2 aromatic rings. The molecule has 1 N–H and O–H groups in total. The van der Waals surface area contributed by atoms with Crippen LogP contribution in [-0.4, -0.2) is 32.5 Å². The van der Waals surface area contributed by atoms with Crippen molar-refractivity contribution in [2.24, 2.45) is 0 Å². The predicted molar refractivity (Wildman–Crippen MR) is 95.9 cm³/mol. The van der Waals surface area contributed by atoms with Crippen LogP contribution >= 0.6 is 0 Å². The smallest absolute Gasteiger partial charge is 0.356 e. The molecule has 1 aromatic heterocycles. The summed E-state index contributed by atoms with van der Waals surface area (Å²) in [4.78, 5) is 5.85. The largest absolute Gasteiger partial charge is 0.419 e. The Kier molecular flexibility index (Phi) is 5.62. The molecule has 0 saturated carbocycles. The molecule has 5 nitrogen and oxygen atoms in total. The van der Waals surface area contributed by atoms with E-state index in [1.165, 1.54) is 0 Å². The number of pyridine rings is 1. The number of hydrogen-bond acceptors (Lipinski definition) is 4. The van der Waals surface area contributed by atoms with Gasteiger partial charge in [0.15, 0.2) is 0 Å². The minimum atomic E-state index is -4.97. The Morgan fingerprint density at radius 2 is 1.82 bits per heavy atom. The lowest BCUT2D eigenvalue weighted by Gasteiger charge is -2.33. The van der Waals surface area contributed by atoms with Crippen molar-refractivity contribution in [3.63, 3.8) is 0 Å². The molecule has 1 aliphatic heterocycles. The normalized spacial score (nSPS) is 16.4. The monoisotopic (exact) mass is 417 g/mol. The maximum absolute atomic E-state index is 13.4. The Morgan fingerprint density at radius 3 is 2.43 bits per heavy atom. The van der Waals surface area contributed by atoms with Crippen molar-refractivity contribution in [1.29, 1.82) is 0 Å². The number of halogens is 4. The van der Waals surface area contributed by atoms with Crippen LogP contribution in [0.3, 0.4) is 0 Å². The molecule has 1 aliphatic rings. The van der Waals surface area contributed by atoms with Gasteiger partial charge >= 0.3 is 6.18 Å². The highest BCUT2D eigenvalue weighted by molar-refractivity contribution is 7.89. The third-order valence-corrected chi connectivity index (χ3v) is 6.09. The molecule has 10 heteroatoms. The van der Waals surface area contributed by atoms with Crippen LogP contribution in [0.25, 0.3) is 0 Å². The van der Waals surface area contributed by atoms with Gasteiger partial charge in [0.05, 0.1) is 10.5 Å². The van der Waals surface area contributed by atoms with E-state index in [0.717, 1.165) is 17.6 Å². The number of piperidine rings is 1. The zero-order valence-corrected chi connectivity index (χ0v) is 15.8. The van der Waals surface area contributed by atoms with Gasteiger partial charge in [-0.05, 0) is 50.1 Å². The number of nitrogens with one attached hydrogen (secondary N) is 1. The highest BCUT2D eigenvalue weighted by Gasteiger charge is 2.35. The summed E-state index contributed by atoms with van der Waals surface area (Å²) in [6.45, 7) is 2.99. The molecule has 2 heterocycles. The summed E-state index contributed by atoms with van der Waals surface area (Å²) in [5, 5.41) is 0. The Morgan fingerprint density at radius 1 is 1.14 bits per heavy atom. The first-order valence-electron chi connectivity index (χ1n) is 8.64. The van der Waals surface area contributed by atoms with Gasteiger partial charge in [0, 0.05) is 24.8 Å². The molecule has 0 bridgehead atoms. The maximum Gasteiger partial charge on any atom is 0.419 e. The van der Waals surface area contributed by atoms with Crippen LogP contribution in [-0.2, 0) is 16.2 Å². The molecule has 0 spiro atoms. The standard InChI is InChI=1S/C18H19F4N3O2S/c1-12-3-2-4-17(23-12)25-9-7-13(8-10-25)24-28(26,27)14-5-6-16(19)15(11-14)18(20,21)22/h2-6,11,13,24H,7-10H2,1H3. The van der Waals surface area contributed by atoms with Gasteiger partial charge in [0.1, 0.15) is 11.6 Å². The molecule has 0 amide bonds. The topological polar surface area (TPSA) is 62.3 Å². The quantitative estimate of drug-likeness (QED) is 0.774. The second-order valence-corrected chi connectivity index (χ2v) is 8.37. The first-order valence-corrected chi connectivity index (χ1v) is 10.1. The summed E-state index contributed by atoms with van der Waals surface area (Å²) < 4.78 is 79.3. The summed E-state index contributed by atoms with van der Waals surface area (Å²) in [5.74, 6) is -0.708. The minimum absolute atomic E-state index is 0.323. The summed E-state index contributed by atoms with van der Waals surface area (Å²) in [6, 6.07) is 6.88. The first kappa shape index (κ1) is 20.5. The molecule has 28 heavy (non-hydrogen) atoms. The average molecular weight is 417 g/mol. The van der Waals surface area contributed by atoms with Crippen LogP contribution in [0.4, 0.5) is 23.4 Å². The summed E-state index contributed by atoms with van der Waals surface area (Å²) in [5.41, 5.74) is -0.729. The van der Waals surface area contributed by atoms with E-state index in [0.29, 0.717) is 38.1 Å². The molecule has 1 aromatic carbocycles. The number of benzene rings is 1. The maximum atomic E-state index is 13.4. The fraction of sp³-hybridized carbons (Fsp3) is 0.389. The lowest BCUT2D eigenvalue weighted by molar-refractivity contribution is -0.140. The number of aryl methyl sites for hydroxylation is 1. The van der Waals surface area contributed by atoms with Gasteiger partial charge in [-0.25, -0.2) is 22.5 Å². The first-order chi connectivity index (χ1) is 13.1. The van der Waals surface area contributed by atoms with E-state index in [2.05, 4.69) is 9.71 Å². The number of sulfonamides is 1. The van der Waals surface area contributed by atoms with Crippen LogP contribution in [0.1, 0.15) is 24.1 Å². The van der Waals surface area contributed by atoms with Gasteiger partial charge in [0.2, 0.25) is 10.0 Å². The van der Waals surface area contributed by atoms with Crippen molar-refractivity contribution < 1.29 is 26.0 Å². The second kappa shape index (κ2) is 7.67. The minimum Gasteiger partial charge on any atom is -0.356 e. The molecule has 0 aliphatic carbocycles. The van der Waals surface area contributed by atoms with Crippen molar-refractivity contribution in [2.45, 2.75) is 36.9 Å². The Bertz CT molecular complexity index is 956. The Hall–Kier alpha value is -2.20. The second-order valence-electron chi connectivity index (χ2n) is 6.66. The number of aromatic nitrogens is 1. The third kappa shape index (κ3) is 4.61. The zero-order chi connectivity index (χ0) is 20.5. The van der Waals surface area contributed by atoms with Crippen molar-refractivity contribution in [3.8, 4) is 0 Å². The van der Waals surface area contributed by atoms with E-state index < -0.39 is 38.5 Å². The molecule has 0 unspecified atom stereocenters. The Balaban J connectivity index is 1.69. The SMILES string of the molecule is Cc1cccc(N2CCC(NS(=O)(=O)c3ccc(F)c(C(F)(F)F)c3)CC2)n1. The van der Waals surface area contributed by atoms with Crippen LogP contribution in [0.2, 0.25) is 0 Å². The van der Waals surface area contributed by atoms with Crippen molar-refractivity contribution in [3.05, 3.63) is 53.5 Å². The highest BCUT2D eigenvalue weighted by Crippen LogP contribution is 2.33. The molecule has 152 valence electrons. The van der Waals surface area contributed by atoms with Crippen LogP contribution < -0.4 is 9.62 Å². The molecular weight excluding hydrogens is 398 g/mol. The summed E-state index contributed by atoms with van der Waals surface area (Å²) in [6.07, 6.45) is -4.02. The highest BCUT2D eigenvalue weighted by atomic mass is 32.2. The molecule has 0 radical (unpaired) electrons. The molecule has 0 atom stereocenters. The lowest BCUT2D eigenvalue weighted by atomic mass is 10.1. The van der Waals surface area contributed by atoms with Crippen molar-refractivity contribution >= 4 is 15.8 Å². The van der Waals surface area contributed by atoms with Crippen molar-refractivity contribution in [2.75, 3.05) is 18.0 Å². The zero-order valence-electron chi connectivity index (χ0n) is 15.0. The van der Waals surface area contributed by atoms with Gasteiger partial charge in [-0.1, -0.05) is 6.07 Å². The predicted octanol–water partition coefficient (Wildman–Crippen LogP) is 3.50. The van der Waals surface area contributed by atoms with Gasteiger partial charge in [-0.15, -0.1) is 0 Å². The number of hydrogen-bond donors (Lipinski definition) is 1. The van der Waals surface area contributed by atoms with E-state index in [1.807, 2.05) is 30.0 Å². The van der Waals surface area contributed by atoms with Gasteiger partial charge in [0.25, 0.3) is 0 Å². The Labute approximate surface area is 160 Å². The number of alkyl halides is 3. The van der Waals surface area contributed by atoms with Crippen LogP contribution in [0.5, 0.6) is 0 Å². The van der Waals surface area contributed by atoms with E-state index in [9.17, 15) is 26.0 Å². The van der Waals surface area contributed by atoms with E-state index in [-0.39, 0.29) is 0 Å². The van der Waals surface area contributed by atoms with E-state index in [1.54, 1.807) is 0 Å². The fourth-order valence-corrected chi connectivity index (χ4v) is 4.44. The molecule has 3 rings (SSSR count). The van der Waals surface area contributed by atoms with Crippen LogP contribution in [0, 0.1) is 12.7 Å².